The number of carbonyl (C=O) groups is 1. The number of H-pyrrole nitrogens is 1. The predicted molar refractivity (Wildman–Crippen MR) is 136 cm³/mol. The molecule has 2 fully saturated rings. The number of aryl methyl sites for hydroxylation is 2. The van der Waals surface area contributed by atoms with Crippen molar-refractivity contribution in [3.8, 4) is 5.75 Å². The molecule has 3 aromatic rings. The molecule has 1 aliphatic carbocycles. The number of hydrogen-bond acceptors (Lipinski definition) is 6. The standard InChI is InChI=1S/C27H35N5O4/c1-16-24(17(2)36-30-16)29-26(34)32-15-27(8-10-31(11-9-27)13-18-4-5-18)23-20-7-6-19(35-3)12-21(20)28-25(23)22(32)14-33/h6-7,12,18,22,28,33H,4-5,8-11,13-15H2,1-3H3,(H,29,34)/t22-/m0/s1. The number of aliphatic hydroxyl groups is 1. The van der Waals surface area contributed by atoms with E-state index in [1.165, 1.54) is 24.9 Å². The van der Waals surface area contributed by atoms with E-state index in [4.69, 9.17) is 9.26 Å². The minimum Gasteiger partial charge on any atom is -0.497 e. The number of ether oxygens (including phenoxy) is 1. The van der Waals surface area contributed by atoms with Gasteiger partial charge in [-0.2, -0.15) is 0 Å². The second-order valence-corrected chi connectivity index (χ2v) is 10.8. The number of methoxy groups -OCH3 is 1. The molecule has 3 N–H and O–H groups in total. The fourth-order valence-corrected chi connectivity index (χ4v) is 6.30. The minimum atomic E-state index is -0.478. The largest absolute Gasteiger partial charge is 0.497 e. The number of nitrogens with one attached hydrogen (secondary N) is 2. The molecule has 4 heterocycles. The fourth-order valence-electron chi connectivity index (χ4n) is 6.30. The number of anilines is 1. The lowest BCUT2D eigenvalue weighted by molar-refractivity contribution is 0.0714. The van der Waals surface area contributed by atoms with E-state index in [0.717, 1.165) is 54.2 Å². The summed E-state index contributed by atoms with van der Waals surface area (Å²) < 4.78 is 10.7. The highest BCUT2D eigenvalue weighted by Gasteiger charge is 2.49. The van der Waals surface area contributed by atoms with Crippen LogP contribution in [0.2, 0.25) is 0 Å². The molecule has 1 aromatic carbocycles. The zero-order chi connectivity index (χ0) is 25.0. The van der Waals surface area contributed by atoms with Crippen molar-refractivity contribution in [3.63, 3.8) is 0 Å². The first-order valence-corrected chi connectivity index (χ1v) is 13.0. The van der Waals surface area contributed by atoms with Crippen molar-refractivity contribution in [1.82, 2.24) is 19.9 Å². The van der Waals surface area contributed by atoms with Crippen LogP contribution in [0.25, 0.3) is 10.9 Å². The van der Waals surface area contributed by atoms with Crippen LogP contribution in [0.5, 0.6) is 5.75 Å². The number of benzene rings is 1. The second-order valence-electron chi connectivity index (χ2n) is 10.8. The number of amides is 2. The van der Waals surface area contributed by atoms with Gasteiger partial charge in [-0.25, -0.2) is 4.79 Å². The van der Waals surface area contributed by atoms with Crippen LogP contribution in [0, 0.1) is 19.8 Å². The maximum atomic E-state index is 13.7. The van der Waals surface area contributed by atoms with Gasteiger partial charge in [0.1, 0.15) is 17.1 Å². The number of aromatic nitrogens is 2. The Hall–Kier alpha value is -3.04. The summed E-state index contributed by atoms with van der Waals surface area (Å²) in [5.41, 5.74) is 4.20. The zero-order valence-corrected chi connectivity index (χ0v) is 21.3. The molecular weight excluding hydrogens is 458 g/mol. The van der Waals surface area contributed by atoms with E-state index in [-0.39, 0.29) is 18.1 Å². The van der Waals surface area contributed by atoms with Crippen molar-refractivity contribution in [2.45, 2.75) is 51.0 Å². The van der Waals surface area contributed by atoms with Gasteiger partial charge in [0.15, 0.2) is 5.76 Å². The van der Waals surface area contributed by atoms with E-state index in [0.29, 0.717) is 23.7 Å². The van der Waals surface area contributed by atoms with Crippen LogP contribution in [0.3, 0.4) is 0 Å². The first-order chi connectivity index (χ1) is 17.4. The Bertz CT molecular complexity index is 1270. The van der Waals surface area contributed by atoms with Gasteiger partial charge in [0.2, 0.25) is 0 Å². The monoisotopic (exact) mass is 493 g/mol. The van der Waals surface area contributed by atoms with Crippen molar-refractivity contribution in [3.05, 3.63) is 40.9 Å². The summed E-state index contributed by atoms with van der Waals surface area (Å²) in [6, 6.07) is 5.40. The summed E-state index contributed by atoms with van der Waals surface area (Å²) >= 11 is 0. The molecule has 192 valence electrons. The molecule has 1 spiro atoms. The quantitative estimate of drug-likeness (QED) is 0.494. The first kappa shape index (κ1) is 23.4. The van der Waals surface area contributed by atoms with E-state index >= 15 is 0 Å². The Morgan fingerprint density at radius 1 is 1.31 bits per heavy atom. The van der Waals surface area contributed by atoms with Crippen LogP contribution >= 0.6 is 0 Å². The number of hydrogen-bond donors (Lipinski definition) is 3. The van der Waals surface area contributed by atoms with Gasteiger partial charge in [0, 0.05) is 41.2 Å². The lowest BCUT2D eigenvalue weighted by Gasteiger charge is -2.50. The summed E-state index contributed by atoms with van der Waals surface area (Å²) in [5.74, 6) is 2.21. The Labute approximate surface area is 210 Å². The number of urea groups is 1. The number of fused-ring (bicyclic) bond motifs is 4. The van der Waals surface area contributed by atoms with Crippen LogP contribution in [0.1, 0.15) is 54.4 Å². The highest BCUT2D eigenvalue weighted by atomic mass is 16.5. The van der Waals surface area contributed by atoms with Gasteiger partial charge in [-0.05, 0) is 76.2 Å². The highest BCUT2D eigenvalue weighted by Crippen LogP contribution is 2.49. The van der Waals surface area contributed by atoms with Crippen LogP contribution in [0.15, 0.2) is 22.7 Å². The summed E-state index contributed by atoms with van der Waals surface area (Å²) in [7, 11) is 1.67. The van der Waals surface area contributed by atoms with Crippen molar-refractivity contribution in [2.24, 2.45) is 5.92 Å². The molecule has 3 aliphatic rings. The molecule has 0 bridgehead atoms. The van der Waals surface area contributed by atoms with E-state index in [1.54, 1.807) is 18.9 Å². The molecule has 1 saturated heterocycles. The third kappa shape index (κ3) is 3.85. The molecule has 2 amide bonds. The maximum absolute atomic E-state index is 13.7. The topological polar surface area (TPSA) is 107 Å². The van der Waals surface area contributed by atoms with Crippen LogP contribution < -0.4 is 10.1 Å². The van der Waals surface area contributed by atoms with Crippen LogP contribution in [-0.2, 0) is 5.41 Å². The molecule has 1 saturated carbocycles. The van der Waals surface area contributed by atoms with Crippen molar-refractivity contribution in [2.75, 3.05) is 45.2 Å². The molecule has 0 unspecified atom stereocenters. The Morgan fingerprint density at radius 3 is 2.72 bits per heavy atom. The van der Waals surface area contributed by atoms with Gasteiger partial charge in [-0.1, -0.05) is 5.16 Å². The molecule has 1 atom stereocenters. The third-order valence-electron chi connectivity index (χ3n) is 8.47. The normalized spacial score (nSPS) is 21.7. The van der Waals surface area contributed by atoms with Gasteiger partial charge >= 0.3 is 6.03 Å². The third-order valence-corrected chi connectivity index (χ3v) is 8.47. The van der Waals surface area contributed by atoms with Crippen molar-refractivity contribution in [1.29, 1.82) is 0 Å². The Balaban J connectivity index is 1.40. The molecule has 2 aliphatic heterocycles. The number of likely N-dealkylation sites (tertiary alicyclic amines) is 1. The summed E-state index contributed by atoms with van der Waals surface area (Å²) in [5, 5.41) is 18.7. The van der Waals surface area contributed by atoms with Crippen molar-refractivity contribution >= 4 is 22.6 Å². The molecular formula is C27H35N5O4. The number of piperidine rings is 1. The van der Waals surface area contributed by atoms with Gasteiger partial charge < -0.3 is 34.5 Å². The van der Waals surface area contributed by atoms with Crippen LogP contribution in [0.4, 0.5) is 10.5 Å². The average Bonchev–Trinajstić information content (AvgIpc) is 3.54. The maximum Gasteiger partial charge on any atom is 0.322 e. The molecule has 6 rings (SSSR count). The first-order valence-electron chi connectivity index (χ1n) is 13.0. The summed E-state index contributed by atoms with van der Waals surface area (Å²) in [4.78, 5) is 21.7. The minimum absolute atomic E-state index is 0.171. The second kappa shape index (κ2) is 8.81. The predicted octanol–water partition coefficient (Wildman–Crippen LogP) is 4.11. The number of rotatable bonds is 5. The summed E-state index contributed by atoms with van der Waals surface area (Å²) in [6.45, 7) is 7.20. The number of carbonyl (C=O) groups excluding carboxylic acids is 1. The number of aliphatic hydroxyl groups excluding tert-OH is 1. The molecule has 9 heteroatoms. The molecule has 2 aromatic heterocycles. The van der Waals surface area contributed by atoms with E-state index in [2.05, 4.69) is 26.4 Å². The van der Waals surface area contributed by atoms with Gasteiger partial charge in [0.05, 0.1) is 19.8 Å². The molecule has 0 radical (unpaired) electrons. The number of nitrogens with zero attached hydrogens (tertiary/aromatic N) is 3. The zero-order valence-electron chi connectivity index (χ0n) is 21.3. The fraction of sp³-hybridized carbons (Fsp3) is 0.556. The lowest BCUT2D eigenvalue weighted by Crippen LogP contribution is -2.56. The highest BCUT2D eigenvalue weighted by molar-refractivity contribution is 5.93. The lowest BCUT2D eigenvalue weighted by atomic mass is 9.68. The van der Waals surface area contributed by atoms with E-state index < -0.39 is 6.04 Å². The average molecular weight is 494 g/mol. The molecule has 36 heavy (non-hydrogen) atoms. The summed E-state index contributed by atoms with van der Waals surface area (Å²) in [6.07, 6.45) is 4.64. The number of aromatic amines is 1. The van der Waals surface area contributed by atoms with E-state index in [1.807, 2.05) is 19.1 Å². The Morgan fingerprint density at radius 2 is 2.08 bits per heavy atom. The van der Waals surface area contributed by atoms with Crippen molar-refractivity contribution < 1.29 is 19.2 Å². The Kier molecular flexibility index (Phi) is 5.72. The SMILES string of the molecule is COc1ccc2c3c([nH]c2c1)[C@H](CO)N(C(=O)Nc1c(C)noc1C)CC31CCN(CC2CC2)CC1. The van der Waals surface area contributed by atoms with Crippen LogP contribution in [-0.4, -0.2) is 71.0 Å². The smallest absolute Gasteiger partial charge is 0.322 e. The van der Waals surface area contributed by atoms with Gasteiger partial charge in [0.25, 0.3) is 0 Å². The van der Waals surface area contributed by atoms with E-state index in [9.17, 15) is 9.90 Å². The molecule has 9 nitrogen and oxygen atoms in total. The van der Waals surface area contributed by atoms with Gasteiger partial charge in [-0.15, -0.1) is 0 Å². The van der Waals surface area contributed by atoms with Gasteiger partial charge in [-0.3, -0.25) is 0 Å².